The van der Waals surface area contributed by atoms with E-state index in [0.717, 1.165) is 29.0 Å². The Labute approximate surface area is 156 Å². The molecule has 3 rings (SSSR count). The molecule has 26 heavy (non-hydrogen) atoms. The molecule has 0 saturated carbocycles. The van der Waals surface area contributed by atoms with Crippen molar-refractivity contribution >= 4 is 11.6 Å². The molecule has 1 amide bonds. The van der Waals surface area contributed by atoms with E-state index >= 15 is 0 Å². The molecule has 0 aromatic heterocycles. The molecule has 0 saturated heterocycles. The van der Waals surface area contributed by atoms with Gasteiger partial charge in [0, 0.05) is 6.04 Å². The average molecular weight is 352 g/mol. The van der Waals surface area contributed by atoms with E-state index < -0.39 is 0 Å². The van der Waals surface area contributed by atoms with Crippen LogP contribution in [0.15, 0.2) is 42.5 Å². The highest BCUT2D eigenvalue weighted by molar-refractivity contribution is 5.97. The van der Waals surface area contributed by atoms with E-state index in [0.29, 0.717) is 6.54 Å². The van der Waals surface area contributed by atoms with Crippen LogP contribution in [0.3, 0.4) is 0 Å². The molecule has 2 aromatic rings. The molecule has 1 aliphatic rings. The van der Waals surface area contributed by atoms with Gasteiger partial charge >= 0.3 is 0 Å². The van der Waals surface area contributed by atoms with Gasteiger partial charge in [-0.3, -0.25) is 4.79 Å². The largest absolute Gasteiger partial charge is 0.482 e. The molecule has 0 spiro atoms. The van der Waals surface area contributed by atoms with Crippen LogP contribution in [0.2, 0.25) is 0 Å². The van der Waals surface area contributed by atoms with Crippen molar-refractivity contribution in [1.29, 1.82) is 0 Å². The zero-order chi connectivity index (χ0) is 18.9. The third kappa shape index (κ3) is 3.75. The fourth-order valence-corrected chi connectivity index (χ4v) is 3.15. The monoisotopic (exact) mass is 352 g/mol. The summed E-state index contributed by atoms with van der Waals surface area (Å²) in [5, 5.41) is 0. The average Bonchev–Trinajstić information content (AvgIpc) is 2.62. The van der Waals surface area contributed by atoms with Crippen molar-refractivity contribution < 1.29 is 9.53 Å². The Morgan fingerprint density at radius 2 is 1.85 bits per heavy atom. The van der Waals surface area contributed by atoms with Gasteiger partial charge in [-0.25, -0.2) is 0 Å². The van der Waals surface area contributed by atoms with Crippen LogP contribution in [0.5, 0.6) is 5.75 Å². The highest BCUT2D eigenvalue weighted by Crippen LogP contribution is 2.35. The number of benzene rings is 2. The fraction of sp³-hybridized carbons (Fsp3) is 0.409. The van der Waals surface area contributed by atoms with E-state index in [-0.39, 0.29) is 24.0 Å². The summed E-state index contributed by atoms with van der Waals surface area (Å²) < 4.78 is 5.60. The Balaban J connectivity index is 1.89. The zero-order valence-corrected chi connectivity index (χ0v) is 16.1. The molecule has 138 valence electrons. The van der Waals surface area contributed by atoms with Crippen LogP contribution >= 0.6 is 0 Å². The van der Waals surface area contributed by atoms with Crippen LogP contribution in [0.4, 0.5) is 5.69 Å². The molecule has 0 aliphatic carbocycles. The lowest BCUT2D eigenvalue weighted by Crippen LogP contribution is -2.38. The molecule has 2 aromatic carbocycles. The number of hydrogen-bond acceptors (Lipinski definition) is 3. The number of rotatable bonds is 4. The second kappa shape index (κ2) is 7.12. The van der Waals surface area contributed by atoms with Crippen LogP contribution < -0.4 is 15.4 Å². The topological polar surface area (TPSA) is 55.6 Å². The standard InChI is InChI=1S/C22H28N2O2/c1-5-18(23)16-8-11-20-19(12-16)24(21(25)14-26-20)13-15-6-9-17(10-7-15)22(2,3)4/h6-12,18H,5,13-14,23H2,1-4H3. The Morgan fingerprint density at radius 3 is 2.46 bits per heavy atom. The molecule has 0 radical (unpaired) electrons. The third-order valence-electron chi connectivity index (χ3n) is 4.95. The fourth-order valence-electron chi connectivity index (χ4n) is 3.15. The van der Waals surface area contributed by atoms with E-state index in [9.17, 15) is 4.79 Å². The van der Waals surface area contributed by atoms with Gasteiger partial charge in [-0.1, -0.05) is 58.0 Å². The highest BCUT2D eigenvalue weighted by atomic mass is 16.5. The molecule has 0 fully saturated rings. The number of hydrogen-bond donors (Lipinski definition) is 1. The Hall–Kier alpha value is -2.33. The molecule has 1 unspecified atom stereocenters. The summed E-state index contributed by atoms with van der Waals surface area (Å²) in [6, 6.07) is 14.3. The molecule has 1 atom stereocenters. The van der Waals surface area contributed by atoms with Crippen LogP contribution in [0.25, 0.3) is 0 Å². The van der Waals surface area contributed by atoms with Crippen molar-refractivity contribution in [1.82, 2.24) is 0 Å². The van der Waals surface area contributed by atoms with Gasteiger partial charge in [0.25, 0.3) is 5.91 Å². The van der Waals surface area contributed by atoms with Gasteiger partial charge < -0.3 is 15.4 Å². The molecular formula is C22H28N2O2. The Bertz CT molecular complexity index is 791. The summed E-state index contributed by atoms with van der Waals surface area (Å²) in [7, 11) is 0. The van der Waals surface area contributed by atoms with Crippen molar-refractivity contribution in [2.24, 2.45) is 5.73 Å². The zero-order valence-electron chi connectivity index (χ0n) is 16.1. The van der Waals surface area contributed by atoms with Gasteiger partial charge in [-0.15, -0.1) is 0 Å². The van der Waals surface area contributed by atoms with Gasteiger partial charge in [0.15, 0.2) is 6.61 Å². The lowest BCUT2D eigenvalue weighted by atomic mass is 9.87. The highest BCUT2D eigenvalue weighted by Gasteiger charge is 2.26. The van der Waals surface area contributed by atoms with Gasteiger partial charge in [0.1, 0.15) is 5.75 Å². The first-order chi connectivity index (χ1) is 12.3. The first-order valence-corrected chi connectivity index (χ1v) is 9.21. The summed E-state index contributed by atoms with van der Waals surface area (Å²) in [5.74, 6) is 0.711. The summed E-state index contributed by atoms with van der Waals surface area (Å²) in [6.07, 6.45) is 0.849. The maximum atomic E-state index is 12.5. The normalized spacial score (nSPS) is 15.4. The summed E-state index contributed by atoms with van der Waals surface area (Å²) >= 11 is 0. The minimum atomic E-state index is -0.0368. The molecule has 1 aliphatic heterocycles. The number of fused-ring (bicyclic) bond motifs is 1. The summed E-state index contributed by atoms with van der Waals surface area (Å²) in [4.78, 5) is 14.3. The second-order valence-corrected chi connectivity index (χ2v) is 7.96. The molecule has 4 nitrogen and oxygen atoms in total. The maximum Gasteiger partial charge on any atom is 0.265 e. The molecule has 4 heteroatoms. The van der Waals surface area contributed by atoms with Crippen LogP contribution in [-0.4, -0.2) is 12.5 Å². The third-order valence-corrected chi connectivity index (χ3v) is 4.95. The van der Waals surface area contributed by atoms with E-state index in [1.165, 1.54) is 5.56 Å². The summed E-state index contributed by atoms with van der Waals surface area (Å²) in [6.45, 7) is 9.25. The van der Waals surface area contributed by atoms with E-state index in [1.807, 2.05) is 18.2 Å². The van der Waals surface area contributed by atoms with Crippen molar-refractivity contribution in [2.75, 3.05) is 11.5 Å². The number of amides is 1. The van der Waals surface area contributed by atoms with E-state index in [2.05, 4.69) is 52.0 Å². The lowest BCUT2D eigenvalue weighted by Gasteiger charge is -2.30. The Kier molecular flexibility index (Phi) is 5.05. The lowest BCUT2D eigenvalue weighted by molar-refractivity contribution is -0.121. The van der Waals surface area contributed by atoms with Crippen LogP contribution in [0.1, 0.15) is 56.8 Å². The second-order valence-electron chi connectivity index (χ2n) is 7.96. The quantitative estimate of drug-likeness (QED) is 0.891. The van der Waals surface area contributed by atoms with Gasteiger partial charge in [-0.05, 0) is 40.7 Å². The molecule has 0 bridgehead atoms. The SMILES string of the molecule is CCC(N)c1ccc2c(c1)N(Cc1ccc(C(C)(C)C)cc1)C(=O)CO2. The first-order valence-electron chi connectivity index (χ1n) is 9.21. The van der Waals surface area contributed by atoms with Crippen LogP contribution in [-0.2, 0) is 16.8 Å². The first kappa shape index (κ1) is 18.5. The minimum Gasteiger partial charge on any atom is -0.482 e. The smallest absolute Gasteiger partial charge is 0.265 e. The van der Waals surface area contributed by atoms with Gasteiger partial charge in [0.05, 0.1) is 12.2 Å². The Morgan fingerprint density at radius 1 is 1.15 bits per heavy atom. The number of nitrogens with two attached hydrogens (primary N) is 1. The minimum absolute atomic E-state index is 0.0281. The van der Waals surface area contributed by atoms with Gasteiger partial charge in [0.2, 0.25) is 0 Å². The number of carbonyl (C=O) groups excluding carboxylic acids is 1. The molecule has 1 heterocycles. The molecular weight excluding hydrogens is 324 g/mol. The number of ether oxygens (including phenoxy) is 1. The van der Waals surface area contributed by atoms with Crippen molar-refractivity contribution in [3.63, 3.8) is 0 Å². The maximum absolute atomic E-state index is 12.5. The predicted molar refractivity (Wildman–Crippen MR) is 105 cm³/mol. The van der Waals surface area contributed by atoms with Gasteiger partial charge in [-0.2, -0.15) is 0 Å². The predicted octanol–water partition coefficient (Wildman–Crippen LogP) is 4.32. The van der Waals surface area contributed by atoms with Crippen LogP contribution in [0, 0.1) is 0 Å². The summed E-state index contributed by atoms with van der Waals surface area (Å²) in [5.41, 5.74) is 10.5. The van der Waals surface area contributed by atoms with Crippen molar-refractivity contribution in [3.05, 3.63) is 59.2 Å². The number of anilines is 1. The number of carbonyl (C=O) groups is 1. The van der Waals surface area contributed by atoms with Crippen molar-refractivity contribution in [2.45, 2.75) is 52.1 Å². The van der Waals surface area contributed by atoms with Crippen molar-refractivity contribution in [3.8, 4) is 5.75 Å². The van der Waals surface area contributed by atoms with E-state index in [4.69, 9.17) is 10.5 Å². The number of nitrogens with zero attached hydrogens (tertiary/aromatic N) is 1. The van der Waals surface area contributed by atoms with E-state index in [1.54, 1.807) is 4.90 Å². The molecule has 2 N–H and O–H groups in total.